The summed E-state index contributed by atoms with van der Waals surface area (Å²) in [4.78, 5) is 102. The Morgan fingerprint density at radius 1 is 0.188 bits per heavy atom. The quantitative estimate of drug-likeness (QED) is 0.0403. The van der Waals surface area contributed by atoms with Crippen molar-refractivity contribution in [1.29, 1.82) is 0 Å². The zero-order chi connectivity index (χ0) is 48.1. The van der Waals surface area contributed by atoms with E-state index in [4.69, 9.17) is 0 Å². The zero-order valence-corrected chi connectivity index (χ0v) is 37.6. The molecule has 0 aromatic carbocycles. The average molecular weight is 921 g/mol. The number of rotatable bonds is 47. The van der Waals surface area contributed by atoms with Crippen LogP contribution in [0.5, 0.6) is 0 Å². The van der Waals surface area contributed by atoms with Gasteiger partial charge in [-0.15, -0.1) is 0 Å². The summed E-state index contributed by atoms with van der Waals surface area (Å²) in [5.41, 5.74) is 0. The summed E-state index contributed by atoms with van der Waals surface area (Å²) in [5, 5.41) is 73.4. The van der Waals surface area contributed by atoms with Crippen LogP contribution in [-0.2, 0) is 38.4 Å². The van der Waals surface area contributed by atoms with Crippen LogP contribution in [0.15, 0.2) is 0 Å². The van der Waals surface area contributed by atoms with Gasteiger partial charge in [-0.25, -0.2) is 0 Å². The third kappa shape index (κ3) is 39.1. The molecular formula is C42H76N6O16. The van der Waals surface area contributed by atoms with Crippen molar-refractivity contribution in [3.63, 3.8) is 0 Å². The number of unbranched alkanes of at least 4 members (excludes halogenated alkanes) is 3. The van der Waals surface area contributed by atoms with Crippen LogP contribution in [0.3, 0.4) is 0 Å². The van der Waals surface area contributed by atoms with Gasteiger partial charge < -0.3 is 70.3 Å². The fourth-order valence-corrected chi connectivity index (χ4v) is 7.14. The summed E-state index contributed by atoms with van der Waals surface area (Å²) in [5.74, 6) is -7.77. The van der Waals surface area contributed by atoms with Crippen LogP contribution >= 0.6 is 0 Å². The Hall–Kier alpha value is -4.48. The Bertz CT molecular complexity index is 1110. The summed E-state index contributed by atoms with van der Waals surface area (Å²) in [7, 11) is 0. The molecule has 0 aliphatic heterocycles. The van der Waals surface area contributed by atoms with Crippen molar-refractivity contribution in [3.05, 3.63) is 0 Å². The summed E-state index contributed by atoms with van der Waals surface area (Å²) in [6.45, 7) is 7.91. The van der Waals surface area contributed by atoms with Gasteiger partial charge in [0.25, 0.3) is 0 Å². The molecule has 0 fully saturated rings. The standard InChI is InChI=1S/C42H76N6O16/c49-35(50)9-27-45(28-10-36(51)52)23-5-19-43(20-6-24-46(29-11-37(53)54)30-12-38(55)56)17-3-1-2-4-18-44(21-7-25-47(31-13-39(57)58)32-14-40(59)60)22-8-26-48(33-15-41(61)62)34-16-42(63)64/h1-34H2,(H,49,50)(H,51,52)(H,53,54)(H,55,56)(H,57,58)(H,59,60)(H,61,62)(H,63,64). The van der Waals surface area contributed by atoms with Gasteiger partial charge in [-0.3, -0.25) is 38.4 Å². The second-order valence-corrected chi connectivity index (χ2v) is 16.0. The highest BCUT2D eigenvalue weighted by Crippen LogP contribution is 2.10. The van der Waals surface area contributed by atoms with Crippen molar-refractivity contribution in [1.82, 2.24) is 29.4 Å². The van der Waals surface area contributed by atoms with Crippen molar-refractivity contribution < 1.29 is 79.2 Å². The lowest BCUT2D eigenvalue weighted by atomic mass is 10.1. The van der Waals surface area contributed by atoms with E-state index in [-0.39, 0.29) is 104 Å². The molecule has 370 valence electrons. The molecule has 0 heterocycles. The van der Waals surface area contributed by atoms with Crippen molar-refractivity contribution in [2.24, 2.45) is 0 Å². The maximum Gasteiger partial charge on any atom is 0.304 e. The number of carboxylic acid groups (broad SMARTS) is 8. The van der Waals surface area contributed by atoms with Gasteiger partial charge in [-0.1, -0.05) is 12.8 Å². The van der Waals surface area contributed by atoms with Gasteiger partial charge >= 0.3 is 47.8 Å². The molecule has 0 radical (unpaired) electrons. The molecule has 8 N–H and O–H groups in total. The van der Waals surface area contributed by atoms with Crippen LogP contribution in [0.1, 0.15) is 103 Å². The van der Waals surface area contributed by atoms with E-state index in [1.807, 2.05) is 19.6 Å². The van der Waals surface area contributed by atoms with Gasteiger partial charge in [0.2, 0.25) is 0 Å². The van der Waals surface area contributed by atoms with Gasteiger partial charge in [-0.2, -0.15) is 0 Å². The number of hydrogen-bond acceptors (Lipinski definition) is 14. The molecule has 64 heavy (non-hydrogen) atoms. The normalized spacial score (nSPS) is 11.7. The third-order valence-electron chi connectivity index (χ3n) is 10.6. The minimum Gasteiger partial charge on any atom is -0.481 e. The minimum absolute atomic E-state index is 0.112. The minimum atomic E-state index is -0.972. The number of nitrogens with zero attached hydrogens (tertiary/aromatic N) is 6. The van der Waals surface area contributed by atoms with Crippen molar-refractivity contribution in [2.75, 3.05) is 118 Å². The first-order valence-electron chi connectivity index (χ1n) is 22.4. The second kappa shape index (κ2) is 37.9. The molecule has 0 rings (SSSR count). The highest BCUT2D eigenvalue weighted by Gasteiger charge is 2.16. The Kier molecular flexibility index (Phi) is 35.2. The van der Waals surface area contributed by atoms with E-state index in [2.05, 4.69) is 9.80 Å². The Balaban J connectivity index is 5.63. The number of carbonyl (C=O) groups is 8. The smallest absolute Gasteiger partial charge is 0.304 e. The van der Waals surface area contributed by atoms with Gasteiger partial charge in [0, 0.05) is 52.4 Å². The molecule has 0 aliphatic carbocycles. The average Bonchev–Trinajstić information content (AvgIpc) is 3.20. The fraction of sp³-hybridized carbons (Fsp3) is 0.810. The first-order valence-corrected chi connectivity index (χ1v) is 22.4. The van der Waals surface area contributed by atoms with Crippen molar-refractivity contribution >= 4 is 47.8 Å². The topological polar surface area (TPSA) is 318 Å². The lowest BCUT2D eigenvalue weighted by molar-refractivity contribution is -0.139. The summed E-state index contributed by atoms with van der Waals surface area (Å²) in [6, 6.07) is 0. The molecule has 0 aromatic heterocycles. The molecule has 22 heteroatoms. The molecule has 0 bridgehead atoms. The van der Waals surface area contributed by atoms with Crippen LogP contribution in [0.25, 0.3) is 0 Å². The predicted molar refractivity (Wildman–Crippen MR) is 234 cm³/mol. The molecule has 0 amide bonds. The zero-order valence-electron chi connectivity index (χ0n) is 37.6. The molecule has 0 aliphatic rings. The van der Waals surface area contributed by atoms with Crippen LogP contribution in [0, 0.1) is 0 Å². The van der Waals surface area contributed by atoms with Crippen molar-refractivity contribution in [2.45, 2.75) is 103 Å². The van der Waals surface area contributed by atoms with E-state index in [0.29, 0.717) is 78.0 Å². The highest BCUT2D eigenvalue weighted by atomic mass is 16.4. The number of hydrogen-bond donors (Lipinski definition) is 8. The number of aliphatic carboxylic acids is 8. The van der Waals surface area contributed by atoms with E-state index in [1.165, 1.54) is 0 Å². The lowest BCUT2D eigenvalue weighted by Gasteiger charge is -2.27. The Morgan fingerprint density at radius 2 is 0.312 bits per heavy atom. The molecule has 0 unspecified atom stereocenters. The molecule has 0 saturated carbocycles. The van der Waals surface area contributed by atoms with Crippen molar-refractivity contribution in [3.8, 4) is 0 Å². The first-order chi connectivity index (χ1) is 30.4. The lowest BCUT2D eigenvalue weighted by Crippen LogP contribution is -2.36. The molecule has 0 atom stereocenters. The van der Waals surface area contributed by atoms with Crippen LogP contribution in [0.2, 0.25) is 0 Å². The predicted octanol–water partition coefficient (Wildman–Crippen LogP) is 1.72. The van der Waals surface area contributed by atoms with Gasteiger partial charge in [0.05, 0.1) is 51.4 Å². The van der Waals surface area contributed by atoms with Gasteiger partial charge in [-0.05, 0) is 104 Å². The number of carboxylic acids is 8. The van der Waals surface area contributed by atoms with Crippen LogP contribution in [-0.4, -0.2) is 236 Å². The highest BCUT2D eigenvalue weighted by molar-refractivity contribution is 5.69. The fourth-order valence-electron chi connectivity index (χ4n) is 7.14. The summed E-state index contributed by atoms with van der Waals surface area (Å²) in [6.07, 6.45) is 5.24. The molecule has 0 saturated heterocycles. The van der Waals surface area contributed by atoms with Gasteiger partial charge in [0.15, 0.2) is 0 Å². The molecule has 0 aromatic rings. The van der Waals surface area contributed by atoms with E-state index < -0.39 is 47.8 Å². The maximum absolute atomic E-state index is 11.2. The Labute approximate surface area is 376 Å². The van der Waals surface area contributed by atoms with Crippen LogP contribution < -0.4 is 0 Å². The SMILES string of the molecule is O=C(O)CCN(CCCN(CCCCCCN(CCCN(CCC(=O)O)CCC(=O)O)CCCN(CCC(=O)O)CCC(=O)O)CCCN(CCC(=O)O)CCC(=O)O)CCC(=O)O. The van der Waals surface area contributed by atoms with E-state index in [9.17, 15) is 79.2 Å². The summed E-state index contributed by atoms with van der Waals surface area (Å²) < 4.78 is 0. The van der Waals surface area contributed by atoms with Gasteiger partial charge in [0.1, 0.15) is 0 Å². The largest absolute Gasteiger partial charge is 0.481 e. The maximum atomic E-state index is 11.2. The first kappa shape index (κ1) is 59.5. The van der Waals surface area contributed by atoms with Crippen LogP contribution in [0.4, 0.5) is 0 Å². The second-order valence-electron chi connectivity index (χ2n) is 16.0. The van der Waals surface area contributed by atoms with E-state index in [0.717, 1.165) is 38.8 Å². The molecular weight excluding hydrogens is 844 g/mol. The summed E-state index contributed by atoms with van der Waals surface area (Å²) >= 11 is 0. The monoisotopic (exact) mass is 921 g/mol. The molecule has 0 spiro atoms. The van der Waals surface area contributed by atoms with E-state index in [1.54, 1.807) is 0 Å². The van der Waals surface area contributed by atoms with E-state index >= 15 is 0 Å². The Morgan fingerprint density at radius 3 is 0.453 bits per heavy atom. The third-order valence-corrected chi connectivity index (χ3v) is 10.6. The molecule has 22 nitrogen and oxygen atoms in total.